The van der Waals surface area contributed by atoms with Crippen molar-refractivity contribution in [3.05, 3.63) is 35.1 Å². The minimum absolute atomic E-state index is 0.606. The van der Waals surface area contributed by atoms with Gasteiger partial charge in [-0.25, -0.2) is 0 Å². The number of hydrogen-bond acceptors (Lipinski definition) is 2. The number of hydrogen-bond donors (Lipinski definition) is 1. The topological polar surface area (TPSA) is 25.2 Å². The van der Waals surface area contributed by atoms with Crippen LogP contribution in [-0.2, 0) is 13.0 Å². The van der Waals surface area contributed by atoms with Crippen LogP contribution < -0.4 is 5.32 Å². The lowest BCUT2D eigenvalue weighted by molar-refractivity contribution is 0.516. The van der Waals surface area contributed by atoms with Crippen LogP contribution in [0.2, 0.25) is 0 Å². The van der Waals surface area contributed by atoms with Gasteiger partial charge in [0.15, 0.2) is 0 Å². The van der Waals surface area contributed by atoms with Crippen molar-refractivity contribution in [3.63, 3.8) is 0 Å². The second kappa shape index (κ2) is 6.45. The molecule has 0 bridgehead atoms. The maximum atomic E-state index is 6.05. The molecule has 20 heavy (non-hydrogen) atoms. The lowest BCUT2D eigenvalue weighted by atomic mass is 9.94. The van der Waals surface area contributed by atoms with Gasteiger partial charge in [0, 0.05) is 10.9 Å². The molecule has 0 spiro atoms. The van der Waals surface area contributed by atoms with Crippen molar-refractivity contribution >= 4 is 11.0 Å². The van der Waals surface area contributed by atoms with Gasteiger partial charge in [0.2, 0.25) is 0 Å². The third kappa shape index (κ3) is 3.06. The maximum Gasteiger partial charge on any atom is 0.134 e. The molecule has 2 aromatic rings. The molecular weight excluding hydrogens is 246 g/mol. The highest BCUT2D eigenvalue weighted by atomic mass is 16.3. The molecular formula is C18H27NO. The maximum absolute atomic E-state index is 6.05. The molecule has 0 radical (unpaired) electrons. The fourth-order valence-electron chi connectivity index (χ4n) is 2.69. The molecule has 0 saturated heterocycles. The summed E-state index contributed by atoms with van der Waals surface area (Å²) in [6.45, 7) is 9.86. The summed E-state index contributed by atoms with van der Waals surface area (Å²) in [5.41, 5.74) is 3.83. The third-order valence-electron chi connectivity index (χ3n) is 4.03. The molecule has 0 aliphatic heterocycles. The van der Waals surface area contributed by atoms with Crippen molar-refractivity contribution in [1.82, 2.24) is 5.32 Å². The van der Waals surface area contributed by atoms with Crippen LogP contribution >= 0.6 is 0 Å². The van der Waals surface area contributed by atoms with Crippen LogP contribution in [0.15, 0.2) is 22.6 Å². The first-order valence-corrected chi connectivity index (χ1v) is 7.75. The number of benzene rings is 1. The van der Waals surface area contributed by atoms with Crippen LogP contribution in [-0.4, -0.2) is 7.05 Å². The Morgan fingerprint density at radius 3 is 2.55 bits per heavy atom. The Balaban J connectivity index is 2.53. The van der Waals surface area contributed by atoms with Crippen molar-refractivity contribution in [1.29, 1.82) is 0 Å². The first-order chi connectivity index (χ1) is 9.56. The Hall–Kier alpha value is -1.28. The predicted molar refractivity (Wildman–Crippen MR) is 86.2 cm³/mol. The molecule has 1 aromatic carbocycles. The molecule has 1 N–H and O–H groups in total. The zero-order chi connectivity index (χ0) is 14.7. The van der Waals surface area contributed by atoms with Gasteiger partial charge in [-0.3, -0.25) is 0 Å². The molecule has 0 aliphatic carbocycles. The number of nitrogens with one attached hydrogen (secondary N) is 1. The van der Waals surface area contributed by atoms with E-state index in [2.05, 4.69) is 51.2 Å². The number of rotatable bonds is 6. The average molecular weight is 273 g/mol. The molecule has 1 heterocycles. The molecule has 1 unspecified atom stereocenters. The molecule has 0 saturated carbocycles. The Labute approximate surface area is 122 Å². The van der Waals surface area contributed by atoms with Crippen molar-refractivity contribution < 1.29 is 4.42 Å². The summed E-state index contributed by atoms with van der Waals surface area (Å²) in [7, 11) is 1.97. The van der Waals surface area contributed by atoms with Crippen LogP contribution in [0.1, 0.15) is 56.9 Å². The first kappa shape index (κ1) is 15.1. The van der Waals surface area contributed by atoms with Crippen LogP contribution in [0.4, 0.5) is 0 Å². The Morgan fingerprint density at radius 2 is 1.95 bits per heavy atom. The van der Waals surface area contributed by atoms with Crippen LogP contribution in [0, 0.1) is 5.92 Å². The smallest absolute Gasteiger partial charge is 0.134 e. The van der Waals surface area contributed by atoms with E-state index < -0.39 is 0 Å². The van der Waals surface area contributed by atoms with Gasteiger partial charge in [-0.1, -0.05) is 33.8 Å². The largest absolute Gasteiger partial charge is 0.459 e. The SMILES string of the molecule is CCC(C)c1ccc2oc(CNC)c(CC(C)C)c2c1. The third-order valence-corrected chi connectivity index (χ3v) is 4.03. The average Bonchev–Trinajstić information content (AvgIpc) is 2.75. The van der Waals surface area contributed by atoms with E-state index >= 15 is 0 Å². The van der Waals surface area contributed by atoms with Gasteiger partial charge in [-0.2, -0.15) is 0 Å². The lowest BCUT2D eigenvalue weighted by Gasteiger charge is -2.10. The molecule has 1 atom stereocenters. The summed E-state index contributed by atoms with van der Waals surface area (Å²) in [4.78, 5) is 0. The second-order valence-electron chi connectivity index (χ2n) is 6.20. The van der Waals surface area contributed by atoms with E-state index in [4.69, 9.17) is 4.42 Å². The van der Waals surface area contributed by atoms with Crippen LogP contribution in [0.5, 0.6) is 0 Å². The van der Waals surface area contributed by atoms with Crippen molar-refractivity contribution in [3.8, 4) is 0 Å². The zero-order valence-corrected chi connectivity index (χ0v) is 13.4. The lowest BCUT2D eigenvalue weighted by Crippen LogP contribution is -2.07. The zero-order valence-electron chi connectivity index (χ0n) is 13.4. The van der Waals surface area contributed by atoms with Crippen LogP contribution in [0.25, 0.3) is 11.0 Å². The Bertz CT molecular complexity index is 568. The van der Waals surface area contributed by atoms with Gasteiger partial charge >= 0.3 is 0 Å². The summed E-state index contributed by atoms with van der Waals surface area (Å²) in [5.74, 6) is 2.34. The van der Waals surface area contributed by atoms with Gasteiger partial charge in [-0.15, -0.1) is 0 Å². The normalized spacial score (nSPS) is 13.3. The molecule has 2 rings (SSSR count). The summed E-state index contributed by atoms with van der Waals surface area (Å²) in [6.07, 6.45) is 2.25. The van der Waals surface area contributed by atoms with Crippen molar-refractivity contribution in [2.24, 2.45) is 5.92 Å². The molecule has 0 amide bonds. The van der Waals surface area contributed by atoms with E-state index in [0.29, 0.717) is 11.8 Å². The van der Waals surface area contributed by atoms with Gasteiger partial charge < -0.3 is 9.73 Å². The number of furan rings is 1. The molecule has 0 fully saturated rings. The second-order valence-corrected chi connectivity index (χ2v) is 6.20. The summed E-state index contributed by atoms with van der Waals surface area (Å²) in [6, 6.07) is 6.69. The minimum atomic E-state index is 0.606. The summed E-state index contributed by atoms with van der Waals surface area (Å²) in [5, 5.41) is 4.52. The van der Waals surface area contributed by atoms with E-state index in [0.717, 1.165) is 24.3 Å². The molecule has 2 heteroatoms. The van der Waals surface area contributed by atoms with Gasteiger partial charge in [0.25, 0.3) is 0 Å². The fraction of sp³-hybridized carbons (Fsp3) is 0.556. The minimum Gasteiger partial charge on any atom is -0.459 e. The molecule has 2 nitrogen and oxygen atoms in total. The summed E-state index contributed by atoms with van der Waals surface area (Å²) < 4.78 is 6.05. The standard InChI is InChI=1S/C18H27NO/c1-6-13(4)14-7-8-17-16(10-14)15(9-12(2)3)18(20-17)11-19-5/h7-8,10,12-13,19H,6,9,11H2,1-5H3. The van der Waals surface area contributed by atoms with Crippen molar-refractivity contribution in [2.45, 2.75) is 53.0 Å². The number of fused-ring (bicyclic) bond motifs is 1. The highest BCUT2D eigenvalue weighted by molar-refractivity contribution is 5.83. The van der Waals surface area contributed by atoms with E-state index in [1.807, 2.05) is 7.05 Å². The predicted octanol–water partition coefficient (Wildman–Crippen LogP) is 4.86. The van der Waals surface area contributed by atoms with Gasteiger partial charge in [-0.05, 0) is 49.4 Å². The molecule has 1 aromatic heterocycles. The Kier molecular flexibility index (Phi) is 4.87. The first-order valence-electron chi connectivity index (χ1n) is 7.75. The van der Waals surface area contributed by atoms with E-state index in [9.17, 15) is 0 Å². The quantitative estimate of drug-likeness (QED) is 0.812. The molecule has 110 valence electrons. The van der Waals surface area contributed by atoms with E-state index in [1.54, 1.807) is 0 Å². The van der Waals surface area contributed by atoms with E-state index in [-0.39, 0.29) is 0 Å². The van der Waals surface area contributed by atoms with Gasteiger partial charge in [0.05, 0.1) is 6.54 Å². The van der Waals surface area contributed by atoms with Crippen LogP contribution in [0.3, 0.4) is 0 Å². The molecule has 0 aliphatic rings. The fourth-order valence-corrected chi connectivity index (χ4v) is 2.69. The monoisotopic (exact) mass is 273 g/mol. The van der Waals surface area contributed by atoms with Crippen molar-refractivity contribution in [2.75, 3.05) is 7.05 Å². The van der Waals surface area contributed by atoms with E-state index in [1.165, 1.54) is 22.9 Å². The Morgan fingerprint density at radius 1 is 1.20 bits per heavy atom. The summed E-state index contributed by atoms with van der Waals surface area (Å²) >= 11 is 0. The highest BCUT2D eigenvalue weighted by Crippen LogP contribution is 2.31. The highest BCUT2D eigenvalue weighted by Gasteiger charge is 2.16. The van der Waals surface area contributed by atoms with Gasteiger partial charge in [0.1, 0.15) is 11.3 Å².